The molecule has 0 aromatic carbocycles. The summed E-state index contributed by atoms with van der Waals surface area (Å²) in [6.07, 6.45) is 0. The molecule has 1 fully saturated rings. The van der Waals surface area contributed by atoms with Gasteiger partial charge in [-0.15, -0.1) is 0 Å². The zero-order valence-corrected chi connectivity index (χ0v) is 4.82. The van der Waals surface area contributed by atoms with E-state index in [4.69, 9.17) is 4.74 Å². The van der Waals surface area contributed by atoms with Crippen LogP contribution in [0.4, 0.5) is 0 Å². The Morgan fingerprint density at radius 1 is 1.86 bits per heavy atom. The molecule has 0 aromatic rings. The van der Waals surface area contributed by atoms with Crippen molar-refractivity contribution in [3.05, 3.63) is 12.2 Å². The van der Waals surface area contributed by atoms with Gasteiger partial charge in [0.05, 0.1) is 6.61 Å². The zero-order chi connectivity index (χ0) is 5.49. The van der Waals surface area contributed by atoms with E-state index in [2.05, 4.69) is 13.5 Å². The average Bonchev–Trinajstić information content (AvgIpc) is 2.21. The molecule has 7 heavy (non-hydrogen) atoms. The van der Waals surface area contributed by atoms with Crippen LogP contribution in [-0.2, 0) is 4.74 Å². The average molecular weight is 98.1 g/mol. The first kappa shape index (κ1) is 4.85. The molecule has 0 amide bonds. The van der Waals surface area contributed by atoms with Gasteiger partial charge in [0.1, 0.15) is 5.60 Å². The Bertz CT molecular complexity index is 101. The van der Waals surface area contributed by atoms with Gasteiger partial charge in [-0.05, 0) is 19.4 Å². The third kappa shape index (κ3) is 0.682. The van der Waals surface area contributed by atoms with Gasteiger partial charge in [0.15, 0.2) is 0 Å². The van der Waals surface area contributed by atoms with E-state index >= 15 is 0 Å². The zero-order valence-electron chi connectivity index (χ0n) is 4.82. The maximum atomic E-state index is 5.06. The molecule has 0 radical (unpaired) electrons. The second kappa shape index (κ2) is 1.10. The van der Waals surface area contributed by atoms with E-state index in [0.717, 1.165) is 12.2 Å². The van der Waals surface area contributed by atoms with Crippen LogP contribution in [-0.4, -0.2) is 12.2 Å². The van der Waals surface area contributed by atoms with E-state index in [0.29, 0.717) is 0 Å². The normalized spacial score (nSPS) is 38.0. The lowest BCUT2D eigenvalue weighted by Crippen LogP contribution is -2.03. The Balaban J connectivity index is 2.55. The summed E-state index contributed by atoms with van der Waals surface area (Å²) in [5.41, 5.74) is 1.19. The van der Waals surface area contributed by atoms with Crippen molar-refractivity contribution in [2.75, 3.05) is 6.61 Å². The lowest BCUT2D eigenvalue weighted by atomic mass is 10.1. The predicted octanol–water partition coefficient (Wildman–Crippen LogP) is 1.35. The highest BCUT2D eigenvalue weighted by Gasteiger charge is 2.39. The van der Waals surface area contributed by atoms with E-state index in [1.807, 2.05) is 6.92 Å². The molecular weight excluding hydrogens is 88.1 g/mol. The summed E-state index contributed by atoms with van der Waals surface area (Å²) in [5.74, 6) is 0. The number of hydrogen-bond acceptors (Lipinski definition) is 1. The first-order chi connectivity index (χ1) is 3.15. The molecule has 1 saturated heterocycles. The van der Waals surface area contributed by atoms with E-state index in [1.165, 1.54) is 0 Å². The lowest BCUT2D eigenvalue weighted by Gasteiger charge is -1.98. The molecule has 1 heterocycles. The van der Waals surface area contributed by atoms with E-state index in [9.17, 15) is 0 Å². The molecule has 0 saturated carbocycles. The van der Waals surface area contributed by atoms with Crippen LogP contribution in [0.2, 0.25) is 0 Å². The van der Waals surface area contributed by atoms with Crippen LogP contribution < -0.4 is 0 Å². The number of rotatable bonds is 1. The van der Waals surface area contributed by atoms with Gasteiger partial charge in [0.25, 0.3) is 0 Å². The Morgan fingerprint density at radius 3 is 2.29 bits per heavy atom. The first-order valence-corrected chi connectivity index (χ1v) is 2.45. The topological polar surface area (TPSA) is 12.5 Å². The van der Waals surface area contributed by atoms with Crippen LogP contribution in [0.25, 0.3) is 0 Å². The van der Waals surface area contributed by atoms with Crippen LogP contribution in [0.15, 0.2) is 12.2 Å². The minimum atomic E-state index is 0.0556. The maximum Gasteiger partial charge on any atom is 0.109 e. The maximum absolute atomic E-state index is 5.06. The molecule has 1 atom stereocenters. The molecule has 1 nitrogen and oxygen atoms in total. The molecular formula is C6H10O. The molecule has 1 aliphatic heterocycles. The lowest BCUT2D eigenvalue weighted by molar-refractivity contribution is 0.358. The fraction of sp³-hybridized carbons (Fsp3) is 0.667. The van der Waals surface area contributed by atoms with Crippen LogP contribution in [0.5, 0.6) is 0 Å². The molecule has 1 aliphatic rings. The molecule has 0 aromatic heterocycles. The summed E-state index contributed by atoms with van der Waals surface area (Å²) in [7, 11) is 0. The van der Waals surface area contributed by atoms with E-state index in [1.54, 1.807) is 0 Å². The van der Waals surface area contributed by atoms with Gasteiger partial charge < -0.3 is 4.74 Å². The Kier molecular flexibility index (Phi) is 0.762. The van der Waals surface area contributed by atoms with Gasteiger partial charge >= 0.3 is 0 Å². The van der Waals surface area contributed by atoms with E-state index < -0.39 is 0 Å². The van der Waals surface area contributed by atoms with Crippen LogP contribution in [0.1, 0.15) is 13.8 Å². The van der Waals surface area contributed by atoms with Crippen LogP contribution in [0, 0.1) is 0 Å². The highest BCUT2D eigenvalue weighted by atomic mass is 16.6. The minimum Gasteiger partial charge on any atom is -0.365 e. The summed E-state index contributed by atoms with van der Waals surface area (Å²) < 4.78 is 5.06. The standard InChI is InChI=1S/C6H10O/c1-5(2)6(3)4-7-6/h1,4H2,2-3H3/t6-/m0/s1. The van der Waals surface area contributed by atoms with Gasteiger partial charge in [-0.2, -0.15) is 0 Å². The largest absolute Gasteiger partial charge is 0.365 e. The third-order valence-corrected chi connectivity index (χ3v) is 1.48. The second-order valence-corrected chi connectivity index (χ2v) is 2.30. The summed E-state index contributed by atoms with van der Waals surface area (Å²) in [6.45, 7) is 8.67. The molecule has 0 spiro atoms. The Labute approximate surface area is 44.0 Å². The molecule has 40 valence electrons. The van der Waals surface area contributed by atoms with Crippen molar-refractivity contribution >= 4 is 0 Å². The molecule has 1 rings (SSSR count). The number of hydrogen-bond donors (Lipinski definition) is 0. The van der Waals surface area contributed by atoms with Crippen molar-refractivity contribution in [1.82, 2.24) is 0 Å². The van der Waals surface area contributed by atoms with Crippen molar-refractivity contribution in [3.8, 4) is 0 Å². The smallest absolute Gasteiger partial charge is 0.109 e. The van der Waals surface area contributed by atoms with Crippen molar-refractivity contribution in [2.45, 2.75) is 19.4 Å². The molecule has 0 N–H and O–H groups in total. The minimum absolute atomic E-state index is 0.0556. The summed E-state index contributed by atoms with van der Waals surface area (Å²) in [6, 6.07) is 0. The van der Waals surface area contributed by atoms with Gasteiger partial charge in [-0.1, -0.05) is 6.58 Å². The third-order valence-electron chi connectivity index (χ3n) is 1.48. The van der Waals surface area contributed by atoms with Crippen molar-refractivity contribution in [1.29, 1.82) is 0 Å². The monoisotopic (exact) mass is 98.1 g/mol. The summed E-state index contributed by atoms with van der Waals surface area (Å²) in [4.78, 5) is 0. The second-order valence-electron chi connectivity index (χ2n) is 2.30. The summed E-state index contributed by atoms with van der Waals surface area (Å²) in [5, 5.41) is 0. The quantitative estimate of drug-likeness (QED) is 0.356. The highest BCUT2D eigenvalue weighted by Crippen LogP contribution is 2.32. The van der Waals surface area contributed by atoms with Crippen LogP contribution in [0.3, 0.4) is 0 Å². The fourth-order valence-corrected chi connectivity index (χ4v) is 0.355. The molecule has 1 heteroatoms. The molecule has 0 unspecified atom stereocenters. The predicted molar refractivity (Wildman–Crippen MR) is 29.2 cm³/mol. The molecule has 0 aliphatic carbocycles. The van der Waals surface area contributed by atoms with E-state index in [-0.39, 0.29) is 5.60 Å². The highest BCUT2D eigenvalue weighted by molar-refractivity contribution is 5.14. The van der Waals surface area contributed by atoms with Crippen molar-refractivity contribution in [3.63, 3.8) is 0 Å². The Morgan fingerprint density at radius 2 is 2.29 bits per heavy atom. The number of ether oxygens (including phenoxy) is 1. The van der Waals surface area contributed by atoms with Gasteiger partial charge in [-0.3, -0.25) is 0 Å². The van der Waals surface area contributed by atoms with Crippen molar-refractivity contribution < 1.29 is 4.74 Å². The van der Waals surface area contributed by atoms with Crippen molar-refractivity contribution in [2.24, 2.45) is 0 Å². The van der Waals surface area contributed by atoms with Gasteiger partial charge in [0, 0.05) is 0 Å². The fourth-order valence-electron chi connectivity index (χ4n) is 0.355. The van der Waals surface area contributed by atoms with Crippen LogP contribution >= 0.6 is 0 Å². The number of epoxide rings is 1. The van der Waals surface area contributed by atoms with Gasteiger partial charge in [0.2, 0.25) is 0 Å². The first-order valence-electron chi connectivity index (χ1n) is 2.45. The van der Waals surface area contributed by atoms with Gasteiger partial charge in [-0.25, -0.2) is 0 Å². The SMILES string of the molecule is C=C(C)[C@]1(C)CO1. The Hall–Kier alpha value is -0.300. The summed E-state index contributed by atoms with van der Waals surface area (Å²) >= 11 is 0. The molecule has 0 bridgehead atoms.